The monoisotopic (exact) mass is 357 g/mol. The molecule has 0 amide bonds. The largest absolute Gasteiger partial charge is 0.340 e. The third-order valence-electron chi connectivity index (χ3n) is 3.46. The molecule has 5 nitrogen and oxygen atoms in total. The van der Waals surface area contributed by atoms with E-state index in [1.807, 2.05) is 31.2 Å². The summed E-state index contributed by atoms with van der Waals surface area (Å²) in [4.78, 5) is 4.17. The van der Waals surface area contributed by atoms with Gasteiger partial charge in [-0.3, -0.25) is 4.72 Å². The Morgan fingerprint density at radius 3 is 2.12 bits per heavy atom. The number of pyridine rings is 1. The van der Waals surface area contributed by atoms with Gasteiger partial charge in [-0.05, 0) is 55.5 Å². The Morgan fingerprint density at radius 2 is 1.52 bits per heavy atom. The Morgan fingerprint density at radius 1 is 0.880 bits per heavy atom. The van der Waals surface area contributed by atoms with Gasteiger partial charge in [-0.25, -0.2) is 17.8 Å². The molecular formula is C18H16FN3O2S. The summed E-state index contributed by atoms with van der Waals surface area (Å²) in [5, 5.41) is 3.13. The van der Waals surface area contributed by atoms with Crippen molar-refractivity contribution in [1.82, 2.24) is 4.98 Å². The maximum Gasteiger partial charge on any atom is 0.261 e. The highest BCUT2D eigenvalue weighted by molar-refractivity contribution is 7.92. The van der Waals surface area contributed by atoms with E-state index in [1.54, 1.807) is 12.1 Å². The van der Waals surface area contributed by atoms with Crippen molar-refractivity contribution in [3.63, 3.8) is 0 Å². The van der Waals surface area contributed by atoms with Gasteiger partial charge in [0.15, 0.2) is 0 Å². The van der Waals surface area contributed by atoms with E-state index in [4.69, 9.17) is 0 Å². The summed E-state index contributed by atoms with van der Waals surface area (Å²) in [6.07, 6.45) is 1.41. The number of aromatic nitrogens is 1. The van der Waals surface area contributed by atoms with Gasteiger partial charge in [-0.2, -0.15) is 0 Å². The van der Waals surface area contributed by atoms with Crippen LogP contribution in [0.5, 0.6) is 0 Å². The number of sulfonamides is 1. The maximum atomic E-state index is 12.9. The van der Waals surface area contributed by atoms with E-state index in [9.17, 15) is 12.8 Å². The molecule has 3 aromatic rings. The van der Waals surface area contributed by atoms with Crippen LogP contribution in [0.25, 0.3) is 0 Å². The molecule has 0 unspecified atom stereocenters. The molecule has 128 valence electrons. The number of anilines is 3. The second kappa shape index (κ2) is 6.90. The lowest BCUT2D eigenvalue weighted by Crippen LogP contribution is -2.13. The predicted molar refractivity (Wildman–Crippen MR) is 95.9 cm³/mol. The van der Waals surface area contributed by atoms with Gasteiger partial charge in [-0.15, -0.1) is 0 Å². The molecular weight excluding hydrogens is 341 g/mol. The number of nitrogens with zero attached hydrogens (tertiary/aromatic N) is 1. The van der Waals surface area contributed by atoms with Gasteiger partial charge in [0.1, 0.15) is 11.6 Å². The molecule has 0 spiro atoms. The van der Waals surface area contributed by atoms with Crippen molar-refractivity contribution in [3.8, 4) is 0 Å². The molecule has 0 radical (unpaired) electrons. The van der Waals surface area contributed by atoms with Gasteiger partial charge in [0, 0.05) is 5.69 Å². The molecule has 0 aliphatic carbocycles. The number of hydrogen-bond acceptors (Lipinski definition) is 4. The zero-order valence-electron chi connectivity index (χ0n) is 13.4. The zero-order chi connectivity index (χ0) is 17.9. The second-order valence-electron chi connectivity index (χ2n) is 5.48. The van der Waals surface area contributed by atoms with Gasteiger partial charge in [0.05, 0.1) is 16.8 Å². The Balaban J connectivity index is 1.71. The van der Waals surface area contributed by atoms with Crippen LogP contribution in [-0.2, 0) is 10.0 Å². The summed E-state index contributed by atoms with van der Waals surface area (Å²) in [7, 11) is -3.78. The number of rotatable bonds is 5. The molecule has 25 heavy (non-hydrogen) atoms. The first-order chi connectivity index (χ1) is 11.9. The summed E-state index contributed by atoms with van der Waals surface area (Å²) < 4.78 is 39.8. The lowest BCUT2D eigenvalue weighted by Gasteiger charge is -2.09. The van der Waals surface area contributed by atoms with Crippen LogP contribution in [0.1, 0.15) is 5.56 Å². The number of benzene rings is 2. The quantitative estimate of drug-likeness (QED) is 0.722. The van der Waals surface area contributed by atoms with Crippen LogP contribution in [0.2, 0.25) is 0 Å². The van der Waals surface area contributed by atoms with Crippen molar-refractivity contribution >= 4 is 27.2 Å². The zero-order valence-corrected chi connectivity index (χ0v) is 14.2. The van der Waals surface area contributed by atoms with Gasteiger partial charge in [0.25, 0.3) is 10.0 Å². The van der Waals surface area contributed by atoms with Gasteiger partial charge >= 0.3 is 0 Å². The molecule has 3 rings (SSSR count). The lowest BCUT2D eigenvalue weighted by atomic mass is 10.2. The normalized spacial score (nSPS) is 11.1. The molecule has 0 saturated heterocycles. The first-order valence-electron chi connectivity index (χ1n) is 7.50. The standard InChI is InChI=1S/C18H16FN3O2S/c1-13-2-6-15(7-3-13)21-18-11-8-16(12-20-18)22-25(23,24)17-9-4-14(19)5-10-17/h2-12,22H,1H3,(H,20,21). The second-order valence-corrected chi connectivity index (χ2v) is 7.16. The first kappa shape index (κ1) is 16.9. The smallest absolute Gasteiger partial charge is 0.261 e. The van der Waals surface area contributed by atoms with Gasteiger partial charge < -0.3 is 5.32 Å². The van der Waals surface area contributed by atoms with E-state index >= 15 is 0 Å². The minimum absolute atomic E-state index is 0.0178. The summed E-state index contributed by atoms with van der Waals surface area (Å²) >= 11 is 0. The Labute approximate surface area is 145 Å². The third-order valence-corrected chi connectivity index (χ3v) is 4.86. The summed E-state index contributed by atoms with van der Waals surface area (Å²) in [5.74, 6) is 0.0979. The van der Waals surface area contributed by atoms with E-state index in [0.29, 0.717) is 11.5 Å². The number of aryl methyl sites for hydroxylation is 1. The highest BCUT2D eigenvalue weighted by Crippen LogP contribution is 2.19. The van der Waals surface area contributed by atoms with Gasteiger partial charge in [-0.1, -0.05) is 17.7 Å². The molecule has 2 aromatic carbocycles. The summed E-state index contributed by atoms with van der Waals surface area (Å²) in [5.41, 5.74) is 2.36. The molecule has 7 heteroatoms. The van der Waals surface area contributed by atoms with E-state index < -0.39 is 15.8 Å². The molecule has 1 heterocycles. The van der Waals surface area contributed by atoms with Crippen molar-refractivity contribution < 1.29 is 12.8 Å². The van der Waals surface area contributed by atoms with Crippen LogP contribution in [0.3, 0.4) is 0 Å². The van der Waals surface area contributed by atoms with Crippen molar-refractivity contribution in [2.45, 2.75) is 11.8 Å². The summed E-state index contributed by atoms with van der Waals surface area (Å²) in [6.45, 7) is 2.00. The van der Waals surface area contributed by atoms with Crippen LogP contribution < -0.4 is 10.0 Å². The topological polar surface area (TPSA) is 71.1 Å². The van der Waals surface area contributed by atoms with Crippen LogP contribution >= 0.6 is 0 Å². The molecule has 0 fully saturated rings. The van der Waals surface area contributed by atoms with Crippen LogP contribution in [0, 0.1) is 12.7 Å². The van der Waals surface area contributed by atoms with Crippen molar-refractivity contribution in [1.29, 1.82) is 0 Å². The maximum absolute atomic E-state index is 12.9. The number of nitrogens with one attached hydrogen (secondary N) is 2. The highest BCUT2D eigenvalue weighted by Gasteiger charge is 2.14. The molecule has 0 saturated carbocycles. The van der Waals surface area contributed by atoms with Crippen molar-refractivity contribution in [3.05, 3.63) is 78.2 Å². The van der Waals surface area contributed by atoms with Crippen molar-refractivity contribution in [2.24, 2.45) is 0 Å². The fourth-order valence-electron chi connectivity index (χ4n) is 2.14. The minimum atomic E-state index is -3.78. The summed E-state index contributed by atoms with van der Waals surface area (Å²) in [6, 6.07) is 15.7. The first-order valence-corrected chi connectivity index (χ1v) is 8.99. The Bertz CT molecular complexity index is 955. The Hall–Kier alpha value is -2.93. The SMILES string of the molecule is Cc1ccc(Nc2ccc(NS(=O)(=O)c3ccc(F)cc3)cn2)cc1. The van der Waals surface area contributed by atoms with Gasteiger partial charge in [0.2, 0.25) is 0 Å². The average Bonchev–Trinajstić information content (AvgIpc) is 2.59. The van der Waals surface area contributed by atoms with Crippen LogP contribution in [0.15, 0.2) is 71.8 Å². The van der Waals surface area contributed by atoms with Crippen molar-refractivity contribution in [2.75, 3.05) is 10.0 Å². The molecule has 0 aliphatic rings. The predicted octanol–water partition coefficient (Wildman–Crippen LogP) is 4.07. The lowest BCUT2D eigenvalue weighted by molar-refractivity contribution is 0.599. The molecule has 0 atom stereocenters. The number of hydrogen-bond donors (Lipinski definition) is 2. The molecule has 0 aliphatic heterocycles. The van der Waals surface area contributed by atoms with E-state index in [-0.39, 0.29) is 4.90 Å². The number of halogens is 1. The van der Waals surface area contributed by atoms with Crippen LogP contribution in [0.4, 0.5) is 21.6 Å². The van der Waals surface area contributed by atoms with E-state index in [0.717, 1.165) is 23.4 Å². The molecule has 2 N–H and O–H groups in total. The molecule has 0 bridgehead atoms. The minimum Gasteiger partial charge on any atom is -0.340 e. The van der Waals surface area contributed by atoms with E-state index in [2.05, 4.69) is 15.0 Å². The Kier molecular flexibility index (Phi) is 4.67. The fraction of sp³-hybridized carbons (Fsp3) is 0.0556. The average molecular weight is 357 g/mol. The third kappa shape index (κ3) is 4.33. The van der Waals surface area contributed by atoms with Crippen LogP contribution in [-0.4, -0.2) is 13.4 Å². The molecule has 1 aromatic heterocycles. The van der Waals surface area contributed by atoms with E-state index in [1.165, 1.54) is 18.3 Å². The highest BCUT2D eigenvalue weighted by atomic mass is 32.2. The fourth-order valence-corrected chi connectivity index (χ4v) is 3.18.